The molecule has 2 unspecified atom stereocenters. The van der Waals surface area contributed by atoms with Gasteiger partial charge < -0.3 is 15.4 Å². The second-order valence-corrected chi connectivity index (χ2v) is 6.03. The Morgan fingerprint density at radius 2 is 2.39 bits per heavy atom. The van der Waals surface area contributed by atoms with Crippen LogP contribution in [-0.2, 0) is 6.42 Å². The molecule has 7 nitrogen and oxygen atoms in total. The molecule has 7 heteroatoms. The van der Waals surface area contributed by atoms with Crippen LogP contribution in [0, 0.1) is 10.1 Å². The van der Waals surface area contributed by atoms with Gasteiger partial charge in [-0.05, 0) is 25.8 Å². The maximum atomic E-state index is 12.7. The van der Waals surface area contributed by atoms with E-state index in [-0.39, 0.29) is 29.2 Å². The number of nitrogens with one attached hydrogen (secondary N) is 2. The van der Waals surface area contributed by atoms with Crippen molar-refractivity contribution in [2.24, 2.45) is 0 Å². The monoisotopic (exact) mass is 319 g/mol. The SMILES string of the molecule is CCC(NC(=O)c1cc([N+](=O)[O-])cc2c1OCC2)C1CCCN1. The highest BCUT2D eigenvalue weighted by molar-refractivity contribution is 5.98. The van der Waals surface area contributed by atoms with E-state index in [1.54, 1.807) is 0 Å². The van der Waals surface area contributed by atoms with Crippen LogP contribution < -0.4 is 15.4 Å². The standard InChI is InChI=1S/C16H21N3O4/c1-2-13(14-4-3-6-17-14)18-16(20)12-9-11(19(21)22)8-10-5-7-23-15(10)12/h8-9,13-14,17H,2-7H2,1H3,(H,18,20). The highest BCUT2D eigenvalue weighted by atomic mass is 16.6. The molecule has 2 aliphatic heterocycles. The number of hydrogen-bond donors (Lipinski definition) is 2. The van der Waals surface area contributed by atoms with Gasteiger partial charge in [0.05, 0.1) is 17.1 Å². The fourth-order valence-electron chi connectivity index (χ4n) is 3.35. The third-order valence-electron chi connectivity index (χ3n) is 4.56. The fourth-order valence-corrected chi connectivity index (χ4v) is 3.35. The van der Waals surface area contributed by atoms with Crippen LogP contribution in [0.1, 0.15) is 42.1 Å². The number of fused-ring (bicyclic) bond motifs is 1. The fraction of sp³-hybridized carbons (Fsp3) is 0.562. The maximum absolute atomic E-state index is 12.7. The summed E-state index contributed by atoms with van der Waals surface area (Å²) in [7, 11) is 0. The van der Waals surface area contributed by atoms with Gasteiger partial charge in [0, 0.05) is 36.2 Å². The number of nitro benzene ring substituents is 1. The largest absolute Gasteiger partial charge is 0.492 e. The molecule has 1 saturated heterocycles. The van der Waals surface area contributed by atoms with Gasteiger partial charge >= 0.3 is 0 Å². The van der Waals surface area contributed by atoms with Gasteiger partial charge in [0.15, 0.2) is 0 Å². The van der Waals surface area contributed by atoms with E-state index < -0.39 is 4.92 Å². The summed E-state index contributed by atoms with van der Waals surface area (Å²) in [6.07, 6.45) is 3.54. The summed E-state index contributed by atoms with van der Waals surface area (Å²) in [5, 5.41) is 17.5. The van der Waals surface area contributed by atoms with Gasteiger partial charge in [-0.3, -0.25) is 14.9 Å². The number of nitro groups is 1. The van der Waals surface area contributed by atoms with E-state index in [2.05, 4.69) is 10.6 Å². The lowest BCUT2D eigenvalue weighted by Crippen LogP contribution is -2.47. The van der Waals surface area contributed by atoms with Gasteiger partial charge in [0.1, 0.15) is 5.75 Å². The molecule has 1 amide bonds. The van der Waals surface area contributed by atoms with Crippen LogP contribution in [-0.4, -0.2) is 36.1 Å². The van der Waals surface area contributed by atoms with E-state index in [0.717, 1.165) is 31.4 Å². The average Bonchev–Trinajstić information content (AvgIpc) is 3.21. The first-order valence-electron chi connectivity index (χ1n) is 8.08. The Morgan fingerprint density at radius 3 is 3.04 bits per heavy atom. The number of amides is 1. The first-order valence-corrected chi connectivity index (χ1v) is 8.08. The number of nitrogens with zero attached hydrogens (tertiary/aromatic N) is 1. The summed E-state index contributed by atoms with van der Waals surface area (Å²) in [6, 6.07) is 3.08. The molecule has 1 aromatic rings. The lowest BCUT2D eigenvalue weighted by molar-refractivity contribution is -0.384. The zero-order chi connectivity index (χ0) is 16.4. The zero-order valence-electron chi connectivity index (χ0n) is 13.1. The predicted octanol–water partition coefficient (Wildman–Crippen LogP) is 1.79. The van der Waals surface area contributed by atoms with Crippen LogP contribution in [0.15, 0.2) is 12.1 Å². The van der Waals surface area contributed by atoms with E-state index in [1.807, 2.05) is 6.92 Å². The Bertz CT molecular complexity index is 626. The first kappa shape index (κ1) is 15.7. The highest BCUT2D eigenvalue weighted by Gasteiger charge is 2.29. The molecule has 3 rings (SSSR count). The number of hydrogen-bond acceptors (Lipinski definition) is 5. The third kappa shape index (κ3) is 3.14. The first-order chi connectivity index (χ1) is 11.1. The minimum Gasteiger partial charge on any atom is -0.492 e. The predicted molar refractivity (Wildman–Crippen MR) is 84.9 cm³/mol. The highest BCUT2D eigenvalue weighted by Crippen LogP contribution is 2.33. The van der Waals surface area contributed by atoms with Crippen molar-refractivity contribution >= 4 is 11.6 Å². The summed E-state index contributed by atoms with van der Waals surface area (Å²) in [6.45, 7) is 3.45. The molecular weight excluding hydrogens is 298 g/mol. The number of carbonyl (C=O) groups is 1. The summed E-state index contributed by atoms with van der Waals surface area (Å²) in [5.74, 6) is 0.190. The van der Waals surface area contributed by atoms with Crippen LogP contribution >= 0.6 is 0 Å². The Hall–Kier alpha value is -2.15. The number of rotatable bonds is 5. The van der Waals surface area contributed by atoms with E-state index in [9.17, 15) is 14.9 Å². The van der Waals surface area contributed by atoms with Crippen LogP contribution in [0.3, 0.4) is 0 Å². The third-order valence-corrected chi connectivity index (χ3v) is 4.56. The Labute approximate surface area is 134 Å². The summed E-state index contributed by atoms with van der Waals surface area (Å²) >= 11 is 0. The number of carbonyl (C=O) groups excluding carboxylic acids is 1. The smallest absolute Gasteiger partial charge is 0.270 e. The molecule has 1 aromatic carbocycles. The van der Waals surface area contributed by atoms with Gasteiger partial charge in [-0.25, -0.2) is 0 Å². The summed E-state index contributed by atoms with van der Waals surface area (Å²) < 4.78 is 5.53. The van der Waals surface area contributed by atoms with Crippen molar-refractivity contribution in [1.82, 2.24) is 10.6 Å². The van der Waals surface area contributed by atoms with Crippen molar-refractivity contribution in [3.05, 3.63) is 33.4 Å². The van der Waals surface area contributed by atoms with Gasteiger partial charge in [-0.15, -0.1) is 0 Å². The molecule has 0 bridgehead atoms. The molecule has 23 heavy (non-hydrogen) atoms. The number of ether oxygens (including phenoxy) is 1. The quantitative estimate of drug-likeness (QED) is 0.637. The van der Waals surface area contributed by atoms with Crippen molar-refractivity contribution in [3.63, 3.8) is 0 Å². The number of non-ortho nitro benzene ring substituents is 1. The van der Waals surface area contributed by atoms with Crippen molar-refractivity contribution in [2.45, 2.75) is 44.7 Å². The molecule has 2 atom stereocenters. The van der Waals surface area contributed by atoms with E-state index in [1.165, 1.54) is 12.1 Å². The van der Waals surface area contributed by atoms with E-state index >= 15 is 0 Å². The molecule has 0 spiro atoms. The molecule has 0 saturated carbocycles. The summed E-state index contributed by atoms with van der Waals surface area (Å²) in [5.41, 5.74) is 0.936. The van der Waals surface area contributed by atoms with Crippen LogP contribution in [0.5, 0.6) is 5.75 Å². The molecule has 0 aliphatic carbocycles. The molecule has 124 valence electrons. The normalized spacial score (nSPS) is 20.7. The van der Waals surface area contributed by atoms with Crippen LogP contribution in [0.4, 0.5) is 5.69 Å². The molecule has 2 N–H and O–H groups in total. The van der Waals surface area contributed by atoms with Gasteiger partial charge in [0.2, 0.25) is 0 Å². The topological polar surface area (TPSA) is 93.5 Å². The Morgan fingerprint density at radius 1 is 1.57 bits per heavy atom. The zero-order valence-corrected chi connectivity index (χ0v) is 13.1. The minimum atomic E-state index is -0.467. The molecule has 2 aliphatic rings. The van der Waals surface area contributed by atoms with Crippen molar-refractivity contribution < 1.29 is 14.5 Å². The number of benzene rings is 1. The Kier molecular flexibility index (Phi) is 4.47. The van der Waals surface area contributed by atoms with Crippen molar-refractivity contribution in [1.29, 1.82) is 0 Å². The van der Waals surface area contributed by atoms with Crippen LogP contribution in [0.2, 0.25) is 0 Å². The Balaban J connectivity index is 1.85. The molecule has 2 heterocycles. The van der Waals surface area contributed by atoms with E-state index in [4.69, 9.17) is 4.74 Å². The van der Waals surface area contributed by atoms with Crippen molar-refractivity contribution in [2.75, 3.05) is 13.2 Å². The lowest BCUT2D eigenvalue weighted by atomic mass is 10.0. The van der Waals surface area contributed by atoms with Gasteiger partial charge in [0.25, 0.3) is 11.6 Å². The van der Waals surface area contributed by atoms with E-state index in [0.29, 0.717) is 18.8 Å². The van der Waals surface area contributed by atoms with Crippen molar-refractivity contribution in [3.8, 4) is 5.75 Å². The molecule has 0 radical (unpaired) electrons. The van der Waals surface area contributed by atoms with Gasteiger partial charge in [-0.2, -0.15) is 0 Å². The second kappa shape index (κ2) is 6.54. The summed E-state index contributed by atoms with van der Waals surface area (Å²) in [4.78, 5) is 23.3. The molecule has 1 fully saturated rings. The van der Waals surface area contributed by atoms with Gasteiger partial charge in [-0.1, -0.05) is 6.92 Å². The maximum Gasteiger partial charge on any atom is 0.270 e. The lowest BCUT2D eigenvalue weighted by Gasteiger charge is -2.24. The second-order valence-electron chi connectivity index (χ2n) is 6.03. The molecule has 0 aromatic heterocycles. The average molecular weight is 319 g/mol. The minimum absolute atomic E-state index is 0.0151. The molecular formula is C16H21N3O4. The van der Waals surface area contributed by atoms with Crippen LogP contribution in [0.25, 0.3) is 0 Å².